The lowest BCUT2D eigenvalue weighted by Crippen LogP contribution is -2.46. The van der Waals surface area contributed by atoms with Crippen molar-refractivity contribution in [3.8, 4) is 0 Å². The maximum atomic E-state index is 13.0. The van der Waals surface area contributed by atoms with Gasteiger partial charge >= 0.3 is 0 Å². The number of carbonyl (C=O) groups excluding carboxylic acids is 1. The van der Waals surface area contributed by atoms with Crippen LogP contribution < -0.4 is 10.0 Å². The van der Waals surface area contributed by atoms with Crippen LogP contribution >= 0.6 is 0 Å². The molecule has 1 aliphatic heterocycles. The summed E-state index contributed by atoms with van der Waals surface area (Å²) in [6, 6.07) is 6.82. The molecular weight excluding hydrogens is 442 g/mol. The molecule has 0 radical (unpaired) electrons. The molecule has 11 heteroatoms. The second-order valence-electron chi connectivity index (χ2n) is 7.95. The maximum absolute atomic E-state index is 13.0. The minimum Gasteiger partial charge on any atom is -0.459 e. The third kappa shape index (κ3) is 4.84. The van der Waals surface area contributed by atoms with Crippen LogP contribution in [0, 0.1) is 6.92 Å². The van der Waals surface area contributed by atoms with Crippen molar-refractivity contribution in [3.05, 3.63) is 47.9 Å². The van der Waals surface area contributed by atoms with Gasteiger partial charge in [-0.1, -0.05) is 0 Å². The lowest BCUT2D eigenvalue weighted by molar-refractivity contribution is 0.0894. The molecule has 1 aromatic heterocycles. The molecule has 0 unspecified atom stereocenters. The van der Waals surface area contributed by atoms with Gasteiger partial charge in [0, 0.05) is 30.7 Å². The molecule has 168 valence electrons. The summed E-state index contributed by atoms with van der Waals surface area (Å²) < 4.78 is 59.6. The van der Waals surface area contributed by atoms with Gasteiger partial charge in [0.05, 0.1) is 16.1 Å². The fourth-order valence-corrected chi connectivity index (χ4v) is 6.30. The zero-order chi connectivity index (χ0) is 22.2. The number of amides is 1. The molecule has 2 fully saturated rings. The molecule has 2 N–H and O–H groups in total. The molecule has 1 amide bonds. The van der Waals surface area contributed by atoms with Crippen LogP contribution in [0.25, 0.3) is 0 Å². The highest BCUT2D eigenvalue weighted by atomic mass is 32.2. The summed E-state index contributed by atoms with van der Waals surface area (Å²) in [5.74, 6) is -0.0401. The van der Waals surface area contributed by atoms with E-state index in [0.717, 1.165) is 18.4 Å². The number of hydrogen-bond acceptors (Lipinski definition) is 6. The van der Waals surface area contributed by atoms with E-state index in [1.165, 1.54) is 34.8 Å². The van der Waals surface area contributed by atoms with E-state index in [1.54, 1.807) is 13.0 Å². The number of hydrogen-bond donors (Lipinski definition) is 2. The Kier molecular flexibility index (Phi) is 5.95. The van der Waals surface area contributed by atoms with Crippen molar-refractivity contribution in [3.63, 3.8) is 0 Å². The molecule has 9 nitrogen and oxygen atoms in total. The number of rotatable bonds is 7. The molecule has 2 aromatic rings. The predicted octanol–water partition coefficient (Wildman–Crippen LogP) is 1.61. The van der Waals surface area contributed by atoms with E-state index in [1.807, 2.05) is 0 Å². The van der Waals surface area contributed by atoms with Crippen molar-refractivity contribution in [1.29, 1.82) is 0 Å². The minimum atomic E-state index is -3.75. The van der Waals surface area contributed by atoms with E-state index >= 15 is 0 Å². The van der Waals surface area contributed by atoms with Gasteiger partial charge in [0.25, 0.3) is 5.91 Å². The lowest BCUT2D eigenvalue weighted by atomic mass is 10.1. The second kappa shape index (κ2) is 8.38. The summed E-state index contributed by atoms with van der Waals surface area (Å²) in [7, 11) is -7.38. The molecule has 1 aromatic carbocycles. The number of carbonyl (C=O) groups is 1. The third-order valence-corrected chi connectivity index (χ3v) is 8.98. The summed E-state index contributed by atoms with van der Waals surface area (Å²) in [5.41, 5.74) is 0.746. The first-order valence-electron chi connectivity index (χ1n) is 10.1. The summed E-state index contributed by atoms with van der Waals surface area (Å²) in [6.07, 6.45) is 4.05. The summed E-state index contributed by atoms with van der Waals surface area (Å²) in [4.78, 5) is 12.4. The van der Waals surface area contributed by atoms with Crippen LogP contribution in [0.5, 0.6) is 0 Å². The predicted molar refractivity (Wildman–Crippen MR) is 112 cm³/mol. The zero-order valence-corrected chi connectivity index (χ0v) is 18.7. The molecule has 1 aliphatic carbocycles. The molecule has 4 rings (SSSR count). The Morgan fingerprint density at radius 2 is 1.55 bits per heavy atom. The Labute approximate surface area is 181 Å². The first kappa shape index (κ1) is 22.0. The van der Waals surface area contributed by atoms with Crippen molar-refractivity contribution in [1.82, 2.24) is 14.3 Å². The molecule has 2 aliphatic rings. The normalized spacial score (nSPS) is 18.7. The van der Waals surface area contributed by atoms with Gasteiger partial charge in [0.1, 0.15) is 0 Å². The number of furan rings is 1. The molecule has 1 saturated carbocycles. The van der Waals surface area contributed by atoms with Crippen molar-refractivity contribution >= 4 is 26.0 Å². The first-order valence-corrected chi connectivity index (χ1v) is 13.1. The maximum Gasteiger partial charge on any atom is 0.287 e. The smallest absolute Gasteiger partial charge is 0.287 e. The number of nitrogens with one attached hydrogen (secondary N) is 2. The average Bonchev–Trinajstić information content (AvgIpc) is 3.44. The monoisotopic (exact) mass is 467 g/mol. The molecule has 2 heterocycles. The molecule has 31 heavy (non-hydrogen) atoms. The minimum absolute atomic E-state index is 0.0214. The van der Waals surface area contributed by atoms with Gasteiger partial charge in [-0.2, -0.15) is 4.31 Å². The van der Waals surface area contributed by atoms with Gasteiger partial charge in [0.15, 0.2) is 5.76 Å². The SMILES string of the molecule is Cc1ccoc1C(=O)NC1CCN(S(=O)(=O)c2ccc(S(=O)(=O)NC3CC3)cc2)CC1. The Bertz CT molecular complexity index is 1160. The van der Waals surface area contributed by atoms with Gasteiger partial charge in [-0.25, -0.2) is 21.6 Å². The van der Waals surface area contributed by atoms with Crippen molar-refractivity contribution < 1.29 is 26.0 Å². The Hall–Kier alpha value is -2.21. The fraction of sp³-hybridized carbons (Fsp3) is 0.450. The molecule has 1 saturated heterocycles. The Morgan fingerprint density at radius 1 is 0.935 bits per heavy atom. The van der Waals surface area contributed by atoms with Gasteiger partial charge in [-0.05, 0) is 62.9 Å². The lowest BCUT2D eigenvalue weighted by Gasteiger charge is -2.31. The van der Waals surface area contributed by atoms with Crippen LogP contribution in [0.2, 0.25) is 0 Å². The topological polar surface area (TPSA) is 126 Å². The van der Waals surface area contributed by atoms with Gasteiger partial charge in [-0.3, -0.25) is 4.79 Å². The molecule has 0 bridgehead atoms. The van der Waals surface area contributed by atoms with Crippen molar-refractivity contribution in [2.75, 3.05) is 13.1 Å². The summed E-state index contributed by atoms with van der Waals surface area (Å²) >= 11 is 0. The number of sulfonamides is 2. The quantitative estimate of drug-likeness (QED) is 0.637. The van der Waals surface area contributed by atoms with Crippen LogP contribution in [0.4, 0.5) is 0 Å². The van der Waals surface area contributed by atoms with E-state index in [4.69, 9.17) is 4.42 Å². The van der Waals surface area contributed by atoms with E-state index in [9.17, 15) is 21.6 Å². The fourth-order valence-electron chi connectivity index (χ4n) is 3.53. The van der Waals surface area contributed by atoms with Crippen LogP contribution in [0.1, 0.15) is 41.8 Å². The van der Waals surface area contributed by atoms with E-state index in [0.29, 0.717) is 12.8 Å². The molecule has 0 spiro atoms. The summed E-state index contributed by atoms with van der Waals surface area (Å²) in [6.45, 7) is 2.30. The highest BCUT2D eigenvalue weighted by molar-refractivity contribution is 7.89. The molecule has 0 atom stereocenters. The van der Waals surface area contributed by atoms with Crippen LogP contribution in [-0.2, 0) is 20.0 Å². The number of benzene rings is 1. The van der Waals surface area contributed by atoms with Gasteiger partial charge in [-0.15, -0.1) is 0 Å². The van der Waals surface area contributed by atoms with Crippen LogP contribution in [0.3, 0.4) is 0 Å². The zero-order valence-electron chi connectivity index (χ0n) is 17.1. The first-order chi connectivity index (χ1) is 14.7. The Balaban J connectivity index is 1.37. The Morgan fingerprint density at radius 3 is 2.10 bits per heavy atom. The number of piperidine rings is 1. The molecular formula is C20H25N3O6S2. The van der Waals surface area contributed by atoms with E-state index in [-0.39, 0.29) is 46.6 Å². The highest BCUT2D eigenvalue weighted by Gasteiger charge is 2.32. The van der Waals surface area contributed by atoms with Gasteiger partial charge in [0.2, 0.25) is 20.0 Å². The largest absolute Gasteiger partial charge is 0.459 e. The van der Waals surface area contributed by atoms with Crippen LogP contribution in [0.15, 0.2) is 50.8 Å². The third-order valence-electron chi connectivity index (χ3n) is 5.53. The van der Waals surface area contributed by atoms with Crippen molar-refractivity contribution in [2.45, 2.75) is 54.5 Å². The van der Waals surface area contributed by atoms with E-state index < -0.39 is 20.0 Å². The highest BCUT2D eigenvalue weighted by Crippen LogP contribution is 2.25. The van der Waals surface area contributed by atoms with Gasteiger partial charge < -0.3 is 9.73 Å². The standard InChI is InChI=1S/C20H25N3O6S2/c1-14-10-13-29-19(14)20(24)21-15-8-11-23(12-9-15)31(27,28)18-6-4-17(5-7-18)30(25,26)22-16-2-3-16/h4-7,10,13,15-16,22H,2-3,8-9,11-12H2,1H3,(H,21,24). The van der Waals surface area contributed by atoms with Crippen molar-refractivity contribution in [2.24, 2.45) is 0 Å². The van der Waals surface area contributed by atoms with Crippen LogP contribution in [-0.4, -0.2) is 52.2 Å². The summed E-state index contributed by atoms with van der Waals surface area (Å²) in [5, 5.41) is 2.89. The number of nitrogens with zero attached hydrogens (tertiary/aromatic N) is 1. The van der Waals surface area contributed by atoms with E-state index in [2.05, 4.69) is 10.0 Å². The number of aryl methyl sites for hydroxylation is 1. The average molecular weight is 468 g/mol. The second-order valence-corrected chi connectivity index (χ2v) is 11.6.